The van der Waals surface area contributed by atoms with Crippen LogP contribution in [0.15, 0.2) is 59.0 Å². The molecule has 0 aliphatic carbocycles. The van der Waals surface area contributed by atoms with E-state index in [2.05, 4.69) is 0 Å². The lowest BCUT2D eigenvalue weighted by Gasteiger charge is -2.16. The van der Waals surface area contributed by atoms with Crippen molar-refractivity contribution in [3.8, 4) is 5.75 Å². The highest BCUT2D eigenvalue weighted by Gasteiger charge is 2.26. The number of Topliss-reactive ketones (excluding diaryl/α,β-unsaturated/α-hetero) is 1. The standard InChI is InChI=1S/C17H14O3S/c1-20-14-8-6-12(7-9-14)10-13-11-21(19)16-5-3-2-4-15(16)17(13)18/h2-10H,11H2,1H3/b13-10+. The lowest BCUT2D eigenvalue weighted by Crippen LogP contribution is -2.19. The van der Waals surface area contributed by atoms with E-state index < -0.39 is 10.8 Å². The second kappa shape index (κ2) is 5.66. The van der Waals surface area contributed by atoms with Crippen molar-refractivity contribution in [3.63, 3.8) is 0 Å². The van der Waals surface area contributed by atoms with Crippen LogP contribution >= 0.6 is 0 Å². The summed E-state index contributed by atoms with van der Waals surface area (Å²) in [6.45, 7) is 0. The van der Waals surface area contributed by atoms with Crippen molar-refractivity contribution in [3.05, 3.63) is 65.2 Å². The van der Waals surface area contributed by atoms with Gasteiger partial charge in [0.25, 0.3) is 0 Å². The molecule has 0 saturated carbocycles. The Hall–Kier alpha value is -2.20. The van der Waals surface area contributed by atoms with Gasteiger partial charge in [-0.25, -0.2) is 0 Å². The molecule has 0 amide bonds. The monoisotopic (exact) mass is 298 g/mol. The Labute approximate surface area is 125 Å². The molecule has 2 aromatic rings. The highest BCUT2D eigenvalue weighted by molar-refractivity contribution is 7.85. The topological polar surface area (TPSA) is 43.4 Å². The average Bonchev–Trinajstić information content (AvgIpc) is 2.53. The van der Waals surface area contributed by atoms with E-state index in [1.54, 1.807) is 31.4 Å². The van der Waals surface area contributed by atoms with E-state index >= 15 is 0 Å². The van der Waals surface area contributed by atoms with Gasteiger partial charge in [0.15, 0.2) is 5.78 Å². The molecule has 0 saturated heterocycles. The first-order valence-electron chi connectivity index (χ1n) is 6.56. The zero-order valence-corrected chi connectivity index (χ0v) is 12.4. The second-order valence-corrected chi connectivity index (χ2v) is 6.18. The van der Waals surface area contributed by atoms with E-state index in [9.17, 15) is 9.00 Å². The normalized spacial score (nSPS) is 19.4. The summed E-state index contributed by atoms with van der Waals surface area (Å²) in [4.78, 5) is 13.1. The lowest BCUT2D eigenvalue weighted by molar-refractivity contribution is 0.103. The lowest BCUT2D eigenvalue weighted by atomic mass is 10.0. The number of ether oxygens (including phenoxy) is 1. The molecular weight excluding hydrogens is 284 g/mol. The van der Waals surface area contributed by atoms with Gasteiger partial charge in [0.05, 0.1) is 28.6 Å². The van der Waals surface area contributed by atoms with Crippen molar-refractivity contribution in [2.24, 2.45) is 0 Å². The van der Waals surface area contributed by atoms with E-state index in [1.165, 1.54) is 0 Å². The van der Waals surface area contributed by atoms with Crippen molar-refractivity contribution in [1.82, 2.24) is 0 Å². The molecule has 1 aliphatic heterocycles. The molecule has 2 aromatic carbocycles. The molecule has 0 bridgehead atoms. The van der Waals surface area contributed by atoms with Gasteiger partial charge < -0.3 is 4.74 Å². The van der Waals surface area contributed by atoms with Crippen LogP contribution in [-0.2, 0) is 10.8 Å². The molecule has 1 aliphatic rings. The fourth-order valence-electron chi connectivity index (χ4n) is 2.32. The molecule has 21 heavy (non-hydrogen) atoms. The summed E-state index contributed by atoms with van der Waals surface area (Å²) < 4.78 is 17.3. The first-order chi connectivity index (χ1) is 10.2. The van der Waals surface area contributed by atoms with Gasteiger partial charge in [0, 0.05) is 11.1 Å². The van der Waals surface area contributed by atoms with Gasteiger partial charge in [-0.2, -0.15) is 0 Å². The van der Waals surface area contributed by atoms with Crippen LogP contribution < -0.4 is 4.74 Å². The Morgan fingerprint density at radius 2 is 1.81 bits per heavy atom. The summed E-state index contributed by atoms with van der Waals surface area (Å²) >= 11 is 0. The van der Waals surface area contributed by atoms with E-state index in [0.29, 0.717) is 16.0 Å². The Balaban J connectivity index is 1.98. The maximum atomic E-state index is 12.5. The third kappa shape index (κ3) is 2.67. The molecule has 106 valence electrons. The van der Waals surface area contributed by atoms with Gasteiger partial charge in [-0.15, -0.1) is 0 Å². The van der Waals surface area contributed by atoms with Crippen molar-refractivity contribution in [2.45, 2.75) is 4.90 Å². The fraction of sp³-hybridized carbons (Fsp3) is 0.118. The van der Waals surface area contributed by atoms with E-state index in [0.717, 1.165) is 11.3 Å². The summed E-state index contributed by atoms with van der Waals surface area (Å²) in [6.07, 6.45) is 1.80. The molecule has 0 radical (unpaired) electrons. The van der Waals surface area contributed by atoms with E-state index in [-0.39, 0.29) is 11.5 Å². The number of hydrogen-bond acceptors (Lipinski definition) is 3. The van der Waals surface area contributed by atoms with Crippen LogP contribution in [0.4, 0.5) is 0 Å². The Morgan fingerprint density at radius 3 is 2.52 bits per heavy atom. The van der Waals surface area contributed by atoms with Crippen molar-refractivity contribution in [2.75, 3.05) is 12.9 Å². The predicted octanol–water partition coefficient (Wildman–Crippen LogP) is 3.08. The fourth-order valence-corrected chi connectivity index (χ4v) is 3.61. The molecule has 1 unspecified atom stereocenters. The molecule has 0 spiro atoms. The smallest absolute Gasteiger partial charge is 0.191 e. The minimum atomic E-state index is -1.16. The molecule has 0 aromatic heterocycles. The van der Waals surface area contributed by atoms with Crippen molar-refractivity contribution in [1.29, 1.82) is 0 Å². The number of benzene rings is 2. The zero-order chi connectivity index (χ0) is 14.8. The average molecular weight is 298 g/mol. The summed E-state index contributed by atoms with van der Waals surface area (Å²) in [5.74, 6) is 0.990. The third-order valence-corrected chi connectivity index (χ3v) is 4.83. The van der Waals surface area contributed by atoms with Crippen LogP contribution in [0.5, 0.6) is 5.75 Å². The van der Waals surface area contributed by atoms with Gasteiger partial charge in [-0.1, -0.05) is 24.3 Å². The summed E-state index contributed by atoms with van der Waals surface area (Å²) in [5, 5.41) is 0. The molecule has 1 heterocycles. The maximum Gasteiger partial charge on any atom is 0.191 e. The first kappa shape index (κ1) is 13.8. The molecule has 1 atom stereocenters. The number of ketones is 1. The number of carbonyl (C=O) groups is 1. The van der Waals surface area contributed by atoms with Gasteiger partial charge in [0.1, 0.15) is 5.75 Å². The summed E-state index contributed by atoms with van der Waals surface area (Å²) in [7, 11) is 0.450. The van der Waals surface area contributed by atoms with Crippen LogP contribution in [0.2, 0.25) is 0 Å². The minimum absolute atomic E-state index is 0.0407. The van der Waals surface area contributed by atoms with E-state index in [4.69, 9.17) is 4.74 Å². The predicted molar refractivity (Wildman–Crippen MR) is 83.0 cm³/mol. The maximum absolute atomic E-state index is 12.5. The summed E-state index contributed by atoms with van der Waals surface area (Å²) in [6, 6.07) is 14.5. The zero-order valence-electron chi connectivity index (χ0n) is 11.5. The van der Waals surface area contributed by atoms with Gasteiger partial charge >= 0.3 is 0 Å². The number of fused-ring (bicyclic) bond motifs is 1. The Kier molecular flexibility index (Phi) is 3.71. The Morgan fingerprint density at radius 1 is 1.10 bits per heavy atom. The quantitative estimate of drug-likeness (QED) is 0.800. The van der Waals surface area contributed by atoms with Crippen LogP contribution in [-0.4, -0.2) is 22.9 Å². The molecule has 3 rings (SSSR count). The first-order valence-corrected chi connectivity index (χ1v) is 7.87. The van der Waals surface area contributed by atoms with Crippen LogP contribution in [0.3, 0.4) is 0 Å². The SMILES string of the molecule is COc1ccc(/C=C2\CS(=O)c3ccccc3C2=O)cc1. The molecule has 4 heteroatoms. The van der Waals surface area contributed by atoms with Crippen LogP contribution in [0, 0.1) is 0 Å². The highest BCUT2D eigenvalue weighted by atomic mass is 32.2. The number of methoxy groups -OCH3 is 1. The van der Waals surface area contributed by atoms with Gasteiger partial charge in [-0.3, -0.25) is 9.00 Å². The second-order valence-electron chi connectivity index (χ2n) is 4.76. The summed E-state index contributed by atoms with van der Waals surface area (Å²) in [5.41, 5.74) is 2.02. The van der Waals surface area contributed by atoms with Crippen LogP contribution in [0.1, 0.15) is 15.9 Å². The molecule has 0 N–H and O–H groups in total. The Bertz CT molecular complexity index is 745. The van der Waals surface area contributed by atoms with Crippen molar-refractivity contribution < 1.29 is 13.7 Å². The molecule has 3 nitrogen and oxygen atoms in total. The van der Waals surface area contributed by atoms with E-state index in [1.807, 2.05) is 30.3 Å². The molecular formula is C17H14O3S. The molecule has 0 fully saturated rings. The van der Waals surface area contributed by atoms with Gasteiger partial charge in [-0.05, 0) is 35.9 Å². The highest BCUT2D eigenvalue weighted by Crippen LogP contribution is 2.26. The minimum Gasteiger partial charge on any atom is -0.497 e. The number of carbonyl (C=O) groups excluding carboxylic acids is 1. The third-order valence-electron chi connectivity index (χ3n) is 3.41. The number of rotatable bonds is 2. The number of hydrogen-bond donors (Lipinski definition) is 0. The van der Waals surface area contributed by atoms with Gasteiger partial charge in [0.2, 0.25) is 0 Å². The largest absolute Gasteiger partial charge is 0.497 e. The van der Waals surface area contributed by atoms with Crippen LogP contribution in [0.25, 0.3) is 6.08 Å². The van der Waals surface area contributed by atoms with Crippen molar-refractivity contribution >= 4 is 22.7 Å².